The molecule has 24 heavy (non-hydrogen) atoms. The zero-order valence-corrected chi connectivity index (χ0v) is 13.7. The maximum Gasteiger partial charge on any atom is 0.0927 e. The number of nitrogens with one attached hydrogen (secondary N) is 1. The third-order valence-electron chi connectivity index (χ3n) is 4.37. The molecule has 3 heteroatoms. The lowest BCUT2D eigenvalue weighted by atomic mass is 10.00. The zero-order chi connectivity index (χ0) is 16.4. The summed E-state index contributed by atoms with van der Waals surface area (Å²) in [6, 6.07) is 10.4. The van der Waals surface area contributed by atoms with E-state index in [1.54, 1.807) is 0 Å². The third-order valence-corrected chi connectivity index (χ3v) is 4.37. The van der Waals surface area contributed by atoms with Gasteiger partial charge in [0.15, 0.2) is 0 Å². The van der Waals surface area contributed by atoms with E-state index in [-0.39, 0.29) is 0 Å². The van der Waals surface area contributed by atoms with E-state index in [0.29, 0.717) is 0 Å². The Morgan fingerprint density at radius 2 is 1.92 bits per heavy atom. The minimum absolute atomic E-state index is 0.976. The molecule has 118 valence electrons. The van der Waals surface area contributed by atoms with Crippen molar-refractivity contribution in [3.63, 3.8) is 0 Å². The number of aromatic amines is 1. The highest BCUT2D eigenvalue weighted by Gasteiger charge is 2.06. The number of fused-ring (bicyclic) bond motifs is 1. The van der Waals surface area contributed by atoms with Gasteiger partial charge in [-0.1, -0.05) is 29.9 Å². The minimum atomic E-state index is 0.976. The van der Waals surface area contributed by atoms with E-state index < -0.39 is 0 Å². The fraction of sp³-hybridized carbons (Fsp3) is 0.143. The summed E-state index contributed by atoms with van der Waals surface area (Å²) in [5.74, 6) is 0. The molecule has 0 atom stereocenters. The van der Waals surface area contributed by atoms with Crippen molar-refractivity contribution in [2.75, 3.05) is 0 Å². The molecule has 0 spiro atoms. The summed E-state index contributed by atoms with van der Waals surface area (Å²) in [4.78, 5) is 4.07. The first kappa shape index (κ1) is 14.6. The summed E-state index contributed by atoms with van der Waals surface area (Å²) < 4.78 is 0. The Morgan fingerprint density at radius 1 is 1.04 bits per heavy atom. The van der Waals surface area contributed by atoms with Crippen LogP contribution < -0.4 is 0 Å². The predicted molar refractivity (Wildman–Crippen MR) is 99.4 cm³/mol. The van der Waals surface area contributed by atoms with E-state index in [1.165, 1.54) is 17.6 Å². The summed E-state index contributed by atoms with van der Waals surface area (Å²) in [7, 11) is 0. The summed E-state index contributed by atoms with van der Waals surface area (Å²) in [5, 5.41) is 8.74. The van der Waals surface area contributed by atoms with Gasteiger partial charge in [-0.05, 0) is 66.8 Å². The highest BCUT2D eigenvalue weighted by atomic mass is 15.1. The largest absolute Gasteiger partial charge is 0.277 e. The van der Waals surface area contributed by atoms with Crippen LogP contribution in [0.2, 0.25) is 0 Å². The van der Waals surface area contributed by atoms with Crippen LogP contribution in [0.3, 0.4) is 0 Å². The van der Waals surface area contributed by atoms with E-state index in [2.05, 4.69) is 64.6 Å². The number of allylic oxidation sites excluding steroid dienone is 5. The first-order valence-corrected chi connectivity index (χ1v) is 8.23. The van der Waals surface area contributed by atoms with Gasteiger partial charge in [-0.3, -0.25) is 10.1 Å². The van der Waals surface area contributed by atoms with Crippen LogP contribution in [0.15, 0.2) is 72.1 Å². The van der Waals surface area contributed by atoms with E-state index in [4.69, 9.17) is 0 Å². The Bertz CT molecular complexity index is 959. The van der Waals surface area contributed by atoms with E-state index in [9.17, 15) is 0 Å². The molecule has 3 nitrogen and oxygen atoms in total. The number of benzene rings is 1. The molecule has 2 heterocycles. The Morgan fingerprint density at radius 3 is 2.75 bits per heavy atom. The fourth-order valence-corrected chi connectivity index (χ4v) is 3.07. The van der Waals surface area contributed by atoms with Crippen molar-refractivity contribution in [3.8, 4) is 11.1 Å². The van der Waals surface area contributed by atoms with Gasteiger partial charge in [0, 0.05) is 17.8 Å². The summed E-state index contributed by atoms with van der Waals surface area (Å²) >= 11 is 0. The van der Waals surface area contributed by atoms with Gasteiger partial charge >= 0.3 is 0 Å². The van der Waals surface area contributed by atoms with Crippen molar-refractivity contribution in [2.45, 2.75) is 19.8 Å². The lowest BCUT2D eigenvalue weighted by molar-refractivity contribution is 0.952. The van der Waals surface area contributed by atoms with Crippen LogP contribution in [0, 0.1) is 0 Å². The van der Waals surface area contributed by atoms with Gasteiger partial charge in [0.1, 0.15) is 0 Å². The Hall–Kier alpha value is -2.94. The average Bonchev–Trinajstić information content (AvgIpc) is 3.03. The Kier molecular flexibility index (Phi) is 3.83. The average molecular weight is 313 g/mol. The van der Waals surface area contributed by atoms with Gasteiger partial charge in [0.2, 0.25) is 0 Å². The molecule has 0 unspecified atom stereocenters. The van der Waals surface area contributed by atoms with Crippen LogP contribution >= 0.6 is 0 Å². The summed E-state index contributed by atoms with van der Waals surface area (Å²) in [6.45, 7) is 2.19. The van der Waals surface area contributed by atoms with Crippen LogP contribution in [-0.4, -0.2) is 15.2 Å². The van der Waals surface area contributed by atoms with E-state index >= 15 is 0 Å². The number of H-pyrrole nitrogens is 1. The number of pyridine rings is 1. The van der Waals surface area contributed by atoms with Crippen LogP contribution in [0.1, 0.15) is 25.5 Å². The van der Waals surface area contributed by atoms with E-state index in [1.807, 2.05) is 24.5 Å². The second-order valence-electron chi connectivity index (χ2n) is 6.17. The van der Waals surface area contributed by atoms with Crippen LogP contribution in [0.4, 0.5) is 0 Å². The fourth-order valence-electron chi connectivity index (χ4n) is 3.07. The summed E-state index contributed by atoms with van der Waals surface area (Å²) in [5.41, 5.74) is 7.05. The molecular weight excluding hydrogens is 294 g/mol. The van der Waals surface area contributed by atoms with Gasteiger partial charge in [-0.2, -0.15) is 5.10 Å². The molecule has 1 aliphatic carbocycles. The van der Waals surface area contributed by atoms with Crippen molar-refractivity contribution in [1.82, 2.24) is 15.2 Å². The molecule has 0 aliphatic heterocycles. The molecular formula is C21H19N3. The molecule has 3 aromatic rings. The van der Waals surface area contributed by atoms with Crippen molar-refractivity contribution in [2.24, 2.45) is 0 Å². The van der Waals surface area contributed by atoms with Crippen LogP contribution in [0.5, 0.6) is 0 Å². The summed E-state index contributed by atoms with van der Waals surface area (Å²) in [6.07, 6.45) is 14.7. The number of rotatable bonds is 3. The van der Waals surface area contributed by atoms with Gasteiger partial charge in [-0.25, -0.2) is 0 Å². The molecule has 1 N–H and O–H groups in total. The molecule has 0 bridgehead atoms. The molecule has 0 fully saturated rings. The Balaban J connectivity index is 1.65. The van der Waals surface area contributed by atoms with E-state index in [0.717, 1.165) is 34.1 Å². The van der Waals surface area contributed by atoms with Gasteiger partial charge < -0.3 is 0 Å². The lowest BCUT2D eigenvalue weighted by Gasteiger charge is -2.06. The second-order valence-corrected chi connectivity index (χ2v) is 6.17. The van der Waals surface area contributed by atoms with Gasteiger partial charge in [0.05, 0.1) is 11.2 Å². The van der Waals surface area contributed by atoms with Crippen LogP contribution in [0.25, 0.3) is 28.1 Å². The smallest absolute Gasteiger partial charge is 0.0927 e. The second kappa shape index (κ2) is 6.28. The lowest BCUT2D eigenvalue weighted by Crippen LogP contribution is -1.86. The number of aromatic nitrogens is 3. The molecule has 0 radical (unpaired) electrons. The number of hydrogen-bond acceptors (Lipinski definition) is 2. The minimum Gasteiger partial charge on any atom is -0.277 e. The monoisotopic (exact) mass is 313 g/mol. The first-order chi connectivity index (χ1) is 11.8. The standard InChI is InChI=1S/C21H19N3/c1-15-3-2-4-16(13-15)5-8-20-19-7-6-18(14-21(19)24-23-20)17-9-11-22-12-10-17/h4-14H,2-3H2,1H3,(H,23,24)/b8-5+. The molecule has 0 saturated carbocycles. The highest BCUT2D eigenvalue weighted by molar-refractivity contribution is 5.90. The van der Waals surface area contributed by atoms with Crippen LogP contribution in [-0.2, 0) is 0 Å². The normalized spacial score (nSPS) is 14.9. The quantitative estimate of drug-likeness (QED) is 0.712. The molecule has 4 rings (SSSR count). The number of nitrogens with zero attached hydrogens (tertiary/aromatic N) is 2. The van der Waals surface area contributed by atoms with Crippen molar-refractivity contribution in [1.29, 1.82) is 0 Å². The maximum absolute atomic E-state index is 4.46. The predicted octanol–water partition coefficient (Wildman–Crippen LogP) is 5.30. The van der Waals surface area contributed by atoms with Gasteiger partial charge in [0.25, 0.3) is 0 Å². The molecule has 1 aliphatic rings. The Labute approximate surface area is 141 Å². The first-order valence-electron chi connectivity index (χ1n) is 8.23. The third kappa shape index (κ3) is 2.93. The van der Waals surface area contributed by atoms with Crippen molar-refractivity contribution >= 4 is 17.0 Å². The SMILES string of the molecule is CC1=CC(/C=C/c2n[nH]c3cc(-c4ccncc4)ccc23)=CCC1. The highest BCUT2D eigenvalue weighted by Crippen LogP contribution is 2.26. The molecule has 0 saturated heterocycles. The zero-order valence-electron chi connectivity index (χ0n) is 13.7. The van der Waals surface area contributed by atoms with Crippen molar-refractivity contribution < 1.29 is 0 Å². The van der Waals surface area contributed by atoms with Crippen molar-refractivity contribution in [3.05, 3.63) is 77.8 Å². The van der Waals surface area contributed by atoms with Gasteiger partial charge in [-0.15, -0.1) is 0 Å². The topological polar surface area (TPSA) is 41.6 Å². The molecule has 2 aromatic heterocycles. The molecule has 1 aromatic carbocycles. The maximum atomic E-state index is 4.46. The number of hydrogen-bond donors (Lipinski definition) is 1. The molecule has 0 amide bonds.